The van der Waals surface area contributed by atoms with E-state index < -0.39 is 12.0 Å². The lowest BCUT2D eigenvalue weighted by Crippen LogP contribution is -2.32. The smallest absolute Gasteiger partial charge is 0.320 e. The average Bonchev–Trinajstić information content (AvgIpc) is 2.39. The van der Waals surface area contributed by atoms with Crippen LogP contribution in [0.3, 0.4) is 0 Å². The first-order valence-corrected chi connectivity index (χ1v) is 3.21. The number of nitrogens with two attached hydrogens (primary N) is 1. The summed E-state index contributed by atoms with van der Waals surface area (Å²) in [6.07, 6.45) is 1.82. The second-order valence-electron chi connectivity index (χ2n) is 2.25. The molecule has 5 nitrogen and oxygen atoms in total. The first-order valence-electron chi connectivity index (χ1n) is 3.21. The van der Waals surface area contributed by atoms with Gasteiger partial charge in [-0.1, -0.05) is 0 Å². The lowest BCUT2D eigenvalue weighted by Gasteiger charge is -2.02. The Bertz CT molecular complexity index is 222. The van der Waals surface area contributed by atoms with Crippen LogP contribution in [0.25, 0.3) is 0 Å². The SMILES string of the molecule is NC(CC1=NCN=C1)C(=O)O. The van der Waals surface area contributed by atoms with E-state index in [9.17, 15) is 4.79 Å². The van der Waals surface area contributed by atoms with Crippen molar-refractivity contribution in [2.75, 3.05) is 6.67 Å². The number of aliphatic carboxylic acids is 1. The summed E-state index contributed by atoms with van der Waals surface area (Å²) < 4.78 is 0. The monoisotopic (exact) mass is 155 g/mol. The van der Waals surface area contributed by atoms with Crippen molar-refractivity contribution >= 4 is 17.9 Å². The zero-order valence-corrected chi connectivity index (χ0v) is 5.90. The van der Waals surface area contributed by atoms with Gasteiger partial charge >= 0.3 is 5.97 Å². The number of carbonyl (C=O) groups is 1. The molecule has 0 fully saturated rings. The van der Waals surface area contributed by atoms with Gasteiger partial charge in [-0.2, -0.15) is 0 Å². The summed E-state index contributed by atoms with van der Waals surface area (Å²) in [7, 11) is 0. The van der Waals surface area contributed by atoms with Gasteiger partial charge in [-0.15, -0.1) is 0 Å². The summed E-state index contributed by atoms with van der Waals surface area (Å²) in [6, 6.07) is -0.863. The molecule has 1 atom stereocenters. The van der Waals surface area contributed by atoms with E-state index in [4.69, 9.17) is 10.8 Å². The minimum atomic E-state index is -1.01. The van der Waals surface area contributed by atoms with Crippen molar-refractivity contribution in [1.82, 2.24) is 0 Å². The molecule has 1 aliphatic heterocycles. The maximum absolute atomic E-state index is 10.3. The third-order valence-electron chi connectivity index (χ3n) is 1.34. The zero-order valence-electron chi connectivity index (χ0n) is 5.90. The average molecular weight is 155 g/mol. The van der Waals surface area contributed by atoms with Crippen LogP contribution in [-0.2, 0) is 4.79 Å². The van der Waals surface area contributed by atoms with Crippen LogP contribution in [0.5, 0.6) is 0 Å². The molecule has 0 bridgehead atoms. The number of hydrogen-bond donors (Lipinski definition) is 2. The molecule has 1 aliphatic rings. The minimum absolute atomic E-state index is 0.263. The predicted molar refractivity (Wildman–Crippen MR) is 41.0 cm³/mol. The lowest BCUT2D eigenvalue weighted by atomic mass is 10.1. The first kappa shape index (κ1) is 7.87. The summed E-state index contributed by atoms with van der Waals surface area (Å²) in [5, 5.41) is 8.42. The summed E-state index contributed by atoms with van der Waals surface area (Å²) in [6.45, 7) is 0.404. The highest BCUT2D eigenvalue weighted by Gasteiger charge is 2.14. The van der Waals surface area contributed by atoms with Gasteiger partial charge < -0.3 is 10.8 Å². The van der Waals surface area contributed by atoms with E-state index in [0.29, 0.717) is 12.4 Å². The molecule has 11 heavy (non-hydrogen) atoms. The quantitative estimate of drug-likeness (QED) is 0.563. The van der Waals surface area contributed by atoms with E-state index in [1.165, 1.54) is 0 Å². The number of hydrogen-bond acceptors (Lipinski definition) is 4. The predicted octanol–water partition coefficient (Wildman–Crippen LogP) is -0.729. The molecule has 1 rings (SSSR count). The van der Waals surface area contributed by atoms with E-state index in [1.54, 1.807) is 6.21 Å². The lowest BCUT2D eigenvalue weighted by molar-refractivity contribution is -0.138. The molecule has 0 saturated heterocycles. The Morgan fingerprint density at radius 1 is 1.91 bits per heavy atom. The molecule has 1 heterocycles. The van der Waals surface area contributed by atoms with Crippen molar-refractivity contribution in [3.8, 4) is 0 Å². The normalized spacial score (nSPS) is 18.1. The molecule has 1 unspecified atom stereocenters. The Morgan fingerprint density at radius 3 is 3.09 bits per heavy atom. The number of rotatable bonds is 3. The van der Waals surface area contributed by atoms with Gasteiger partial charge in [0.15, 0.2) is 0 Å². The van der Waals surface area contributed by atoms with Gasteiger partial charge in [-0.05, 0) is 0 Å². The largest absolute Gasteiger partial charge is 0.480 e. The van der Waals surface area contributed by atoms with Gasteiger partial charge in [0, 0.05) is 12.6 Å². The Morgan fingerprint density at radius 2 is 2.64 bits per heavy atom. The summed E-state index contributed by atoms with van der Waals surface area (Å²) in [5.41, 5.74) is 5.92. The van der Waals surface area contributed by atoms with Gasteiger partial charge in [0.2, 0.25) is 0 Å². The fourth-order valence-corrected chi connectivity index (χ4v) is 0.749. The van der Waals surface area contributed by atoms with Crippen molar-refractivity contribution in [3.05, 3.63) is 0 Å². The van der Waals surface area contributed by atoms with Crippen LogP contribution in [-0.4, -0.2) is 35.7 Å². The van der Waals surface area contributed by atoms with E-state index in [1.807, 2.05) is 0 Å². The summed E-state index contributed by atoms with van der Waals surface area (Å²) in [4.78, 5) is 18.0. The molecule has 60 valence electrons. The van der Waals surface area contributed by atoms with Gasteiger partial charge in [0.25, 0.3) is 0 Å². The van der Waals surface area contributed by atoms with E-state index in [-0.39, 0.29) is 6.42 Å². The van der Waals surface area contributed by atoms with Crippen LogP contribution >= 0.6 is 0 Å². The highest BCUT2D eigenvalue weighted by molar-refractivity contribution is 6.32. The maximum atomic E-state index is 10.3. The minimum Gasteiger partial charge on any atom is -0.480 e. The Balaban J connectivity index is 2.42. The fourth-order valence-electron chi connectivity index (χ4n) is 0.749. The third-order valence-corrected chi connectivity index (χ3v) is 1.34. The van der Waals surface area contributed by atoms with Crippen molar-refractivity contribution in [3.63, 3.8) is 0 Å². The third kappa shape index (κ3) is 2.12. The molecule has 0 aliphatic carbocycles. The molecular formula is C6H9N3O2. The number of nitrogens with zero attached hydrogens (tertiary/aromatic N) is 2. The highest BCUT2D eigenvalue weighted by atomic mass is 16.4. The van der Waals surface area contributed by atoms with E-state index in [0.717, 1.165) is 0 Å². The number of aliphatic imine (C=N–C) groups is 2. The standard InChI is InChI=1S/C6H9N3O2/c7-5(6(10)11)1-4-2-8-3-9-4/h2,5H,1,3,7H2,(H,10,11). The molecule has 0 radical (unpaired) electrons. The Labute approximate surface area is 63.6 Å². The summed E-state index contributed by atoms with van der Waals surface area (Å²) >= 11 is 0. The molecule has 0 amide bonds. The van der Waals surface area contributed by atoms with Gasteiger partial charge in [0.1, 0.15) is 12.7 Å². The van der Waals surface area contributed by atoms with E-state index in [2.05, 4.69) is 9.98 Å². The molecule has 0 aromatic carbocycles. The van der Waals surface area contributed by atoms with Crippen LogP contribution in [0.4, 0.5) is 0 Å². The topological polar surface area (TPSA) is 88.0 Å². The summed E-state index contributed by atoms with van der Waals surface area (Å²) in [5.74, 6) is -1.01. The maximum Gasteiger partial charge on any atom is 0.320 e. The first-order chi connectivity index (χ1) is 5.20. The molecule has 3 N–H and O–H groups in total. The molecule has 0 aromatic heterocycles. The van der Waals surface area contributed by atoms with Crippen LogP contribution < -0.4 is 5.73 Å². The van der Waals surface area contributed by atoms with Crippen LogP contribution in [0.1, 0.15) is 6.42 Å². The van der Waals surface area contributed by atoms with Crippen LogP contribution in [0, 0.1) is 0 Å². The van der Waals surface area contributed by atoms with Gasteiger partial charge in [-0.3, -0.25) is 14.8 Å². The Kier molecular flexibility index (Phi) is 2.32. The van der Waals surface area contributed by atoms with E-state index >= 15 is 0 Å². The molecule has 5 heteroatoms. The molecular weight excluding hydrogens is 146 g/mol. The second kappa shape index (κ2) is 3.25. The second-order valence-corrected chi connectivity index (χ2v) is 2.25. The van der Waals surface area contributed by atoms with Gasteiger partial charge in [0.05, 0.1) is 5.71 Å². The number of carboxylic acids is 1. The highest BCUT2D eigenvalue weighted by Crippen LogP contribution is 1.96. The van der Waals surface area contributed by atoms with Crippen molar-refractivity contribution in [2.24, 2.45) is 15.7 Å². The van der Waals surface area contributed by atoms with Crippen LogP contribution in [0.2, 0.25) is 0 Å². The fraction of sp³-hybridized carbons (Fsp3) is 0.500. The van der Waals surface area contributed by atoms with Crippen LogP contribution in [0.15, 0.2) is 9.98 Å². The Hall–Kier alpha value is -1.23. The van der Waals surface area contributed by atoms with Gasteiger partial charge in [-0.25, -0.2) is 0 Å². The van der Waals surface area contributed by atoms with Crippen molar-refractivity contribution in [2.45, 2.75) is 12.5 Å². The molecule has 0 aromatic rings. The van der Waals surface area contributed by atoms with Crippen molar-refractivity contribution in [1.29, 1.82) is 0 Å². The number of carboxylic acid groups (broad SMARTS) is 1. The zero-order chi connectivity index (χ0) is 8.27. The van der Waals surface area contributed by atoms with Crippen molar-refractivity contribution < 1.29 is 9.90 Å². The molecule has 0 spiro atoms. The molecule has 0 saturated carbocycles.